The van der Waals surface area contributed by atoms with Crippen LogP contribution < -0.4 is 10.6 Å². The van der Waals surface area contributed by atoms with Gasteiger partial charge in [0.25, 0.3) is 0 Å². The van der Waals surface area contributed by atoms with Gasteiger partial charge in [-0.05, 0) is 13.0 Å². The predicted octanol–water partition coefficient (Wildman–Crippen LogP) is 1.42. The molecule has 0 heterocycles. The molecule has 2 N–H and O–H groups in total. The molecule has 5 nitrogen and oxygen atoms in total. The van der Waals surface area contributed by atoms with Gasteiger partial charge in [-0.2, -0.15) is 0 Å². The van der Waals surface area contributed by atoms with E-state index >= 15 is 0 Å². The van der Waals surface area contributed by atoms with E-state index in [9.17, 15) is 4.79 Å². The van der Waals surface area contributed by atoms with E-state index in [1.165, 1.54) is 4.90 Å². The Kier molecular flexibility index (Phi) is 6.83. The van der Waals surface area contributed by atoms with Crippen molar-refractivity contribution < 1.29 is 14.3 Å². The quantitative estimate of drug-likeness (QED) is 0.711. The minimum atomic E-state index is -0.508. The van der Waals surface area contributed by atoms with Crippen molar-refractivity contribution in [1.82, 2.24) is 0 Å². The molecule has 18 heavy (non-hydrogen) atoms. The largest absolute Gasteiger partial charge is 0.379 e. The fourth-order valence-electron chi connectivity index (χ4n) is 1.42. The van der Waals surface area contributed by atoms with Crippen LogP contribution in [-0.2, 0) is 9.47 Å². The molecule has 0 aromatic heterocycles. The molecule has 1 rings (SSSR count). The van der Waals surface area contributed by atoms with Gasteiger partial charge in [0, 0.05) is 12.7 Å². The van der Waals surface area contributed by atoms with Crippen LogP contribution in [0.2, 0.25) is 0 Å². The summed E-state index contributed by atoms with van der Waals surface area (Å²) in [7, 11) is 0. The average Bonchev–Trinajstić information content (AvgIpc) is 2.38. The van der Waals surface area contributed by atoms with Crippen molar-refractivity contribution in [3.63, 3.8) is 0 Å². The van der Waals surface area contributed by atoms with Crippen molar-refractivity contribution in [1.29, 1.82) is 0 Å². The lowest BCUT2D eigenvalue weighted by Gasteiger charge is -2.20. The SMILES string of the molecule is CCOCCOCCN(C(N)=O)c1[c]cccc1. The number of ether oxygens (including phenoxy) is 2. The molecule has 2 amide bonds. The maximum Gasteiger partial charge on any atom is 0.319 e. The number of hydrogen-bond acceptors (Lipinski definition) is 3. The topological polar surface area (TPSA) is 64.8 Å². The zero-order valence-electron chi connectivity index (χ0n) is 10.6. The molecule has 1 aromatic carbocycles. The summed E-state index contributed by atoms with van der Waals surface area (Å²) in [5, 5.41) is 0. The van der Waals surface area contributed by atoms with E-state index in [2.05, 4.69) is 6.07 Å². The Morgan fingerprint density at radius 3 is 2.72 bits per heavy atom. The number of nitrogens with zero attached hydrogens (tertiary/aromatic N) is 1. The van der Waals surface area contributed by atoms with Crippen molar-refractivity contribution in [2.75, 3.05) is 37.9 Å². The van der Waals surface area contributed by atoms with Gasteiger partial charge in [0.1, 0.15) is 0 Å². The number of nitrogens with two attached hydrogens (primary N) is 1. The summed E-state index contributed by atoms with van der Waals surface area (Å²) < 4.78 is 10.5. The van der Waals surface area contributed by atoms with Crippen LogP contribution in [-0.4, -0.2) is 39.0 Å². The van der Waals surface area contributed by atoms with Gasteiger partial charge in [0.05, 0.1) is 32.1 Å². The van der Waals surface area contributed by atoms with E-state index in [4.69, 9.17) is 15.2 Å². The number of carbonyl (C=O) groups is 1. The number of para-hydroxylation sites is 1. The Labute approximate surface area is 107 Å². The summed E-state index contributed by atoms with van der Waals surface area (Å²) in [5.74, 6) is 0. The molecule has 0 aliphatic rings. The first-order valence-corrected chi connectivity index (χ1v) is 5.95. The van der Waals surface area contributed by atoms with E-state index in [-0.39, 0.29) is 0 Å². The Morgan fingerprint density at radius 1 is 1.33 bits per heavy atom. The number of rotatable bonds is 8. The Hall–Kier alpha value is -1.59. The number of primary amides is 1. The smallest absolute Gasteiger partial charge is 0.319 e. The second-order valence-electron chi connectivity index (χ2n) is 3.55. The molecule has 0 unspecified atom stereocenters. The molecule has 5 heteroatoms. The molecule has 0 aliphatic carbocycles. The van der Waals surface area contributed by atoms with Crippen molar-refractivity contribution >= 4 is 11.7 Å². The van der Waals surface area contributed by atoms with Gasteiger partial charge >= 0.3 is 6.03 Å². The van der Waals surface area contributed by atoms with Gasteiger partial charge < -0.3 is 15.2 Å². The third-order valence-corrected chi connectivity index (χ3v) is 2.28. The van der Waals surface area contributed by atoms with Crippen LogP contribution in [0, 0.1) is 6.07 Å². The summed E-state index contributed by atoms with van der Waals surface area (Å²) in [6.07, 6.45) is 0. The lowest BCUT2D eigenvalue weighted by atomic mass is 10.3. The molecule has 0 atom stereocenters. The second kappa shape index (κ2) is 8.49. The summed E-state index contributed by atoms with van der Waals surface area (Å²) in [6, 6.07) is 9.63. The first kappa shape index (κ1) is 14.5. The third kappa shape index (κ3) is 5.16. The van der Waals surface area contributed by atoms with E-state index in [1.54, 1.807) is 12.1 Å². The molecule has 0 bridgehead atoms. The fourth-order valence-corrected chi connectivity index (χ4v) is 1.42. The molecule has 0 aliphatic heterocycles. The predicted molar refractivity (Wildman–Crippen MR) is 69.5 cm³/mol. The molecule has 99 valence electrons. The highest BCUT2D eigenvalue weighted by Gasteiger charge is 2.11. The molecular weight excluding hydrogens is 232 g/mol. The minimum absolute atomic E-state index is 0.405. The van der Waals surface area contributed by atoms with Crippen LogP contribution in [0.15, 0.2) is 24.3 Å². The van der Waals surface area contributed by atoms with Gasteiger partial charge in [-0.15, -0.1) is 0 Å². The third-order valence-electron chi connectivity index (χ3n) is 2.28. The van der Waals surface area contributed by atoms with Gasteiger partial charge in [0.15, 0.2) is 0 Å². The lowest BCUT2D eigenvalue weighted by molar-refractivity contribution is 0.0559. The summed E-state index contributed by atoms with van der Waals surface area (Å²) >= 11 is 0. The Balaban J connectivity index is 2.34. The molecule has 0 saturated carbocycles. The number of anilines is 1. The highest BCUT2D eigenvalue weighted by Crippen LogP contribution is 2.11. The molecular formula is C13H19N2O3. The van der Waals surface area contributed by atoms with E-state index in [1.807, 2.05) is 19.1 Å². The highest BCUT2D eigenvalue weighted by molar-refractivity contribution is 5.90. The summed E-state index contributed by atoms with van der Waals surface area (Å²) in [6.45, 7) is 4.50. The van der Waals surface area contributed by atoms with E-state index < -0.39 is 6.03 Å². The number of amides is 2. The fraction of sp³-hybridized carbons (Fsp3) is 0.462. The molecule has 1 aromatic rings. The monoisotopic (exact) mass is 251 g/mol. The first-order chi connectivity index (χ1) is 8.75. The molecule has 0 saturated heterocycles. The van der Waals surface area contributed by atoms with Crippen LogP contribution in [0.1, 0.15) is 6.92 Å². The number of hydrogen-bond donors (Lipinski definition) is 1. The molecule has 1 radical (unpaired) electrons. The van der Waals surface area contributed by atoms with Crippen LogP contribution in [0.4, 0.5) is 10.5 Å². The van der Waals surface area contributed by atoms with Crippen molar-refractivity contribution in [3.05, 3.63) is 30.3 Å². The standard InChI is InChI=1S/C13H19N2O3/c1-2-17-10-11-18-9-8-15(13(14)16)12-6-4-3-5-7-12/h3-6H,2,8-11H2,1H3,(H2,14,16). The van der Waals surface area contributed by atoms with Crippen LogP contribution in [0.25, 0.3) is 0 Å². The summed E-state index contributed by atoms with van der Waals surface area (Å²) in [4.78, 5) is 12.7. The average molecular weight is 251 g/mol. The highest BCUT2D eigenvalue weighted by atomic mass is 16.5. The van der Waals surface area contributed by atoms with Gasteiger partial charge in [-0.25, -0.2) is 4.79 Å². The maximum absolute atomic E-state index is 11.3. The Bertz CT molecular complexity index is 343. The van der Waals surface area contributed by atoms with Gasteiger partial charge in [0.2, 0.25) is 0 Å². The maximum atomic E-state index is 11.3. The van der Waals surface area contributed by atoms with Crippen LogP contribution in [0.5, 0.6) is 0 Å². The molecule has 0 fully saturated rings. The number of carbonyl (C=O) groups excluding carboxylic acids is 1. The van der Waals surface area contributed by atoms with Crippen LogP contribution in [0.3, 0.4) is 0 Å². The van der Waals surface area contributed by atoms with E-state index in [0.717, 1.165) is 0 Å². The normalized spacial score (nSPS) is 10.3. The van der Waals surface area contributed by atoms with Crippen molar-refractivity contribution in [3.8, 4) is 0 Å². The van der Waals surface area contributed by atoms with Gasteiger partial charge in [-0.3, -0.25) is 4.90 Å². The number of urea groups is 1. The van der Waals surface area contributed by atoms with Gasteiger partial charge in [-0.1, -0.05) is 18.2 Å². The van der Waals surface area contributed by atoms with E-state index in [0.29, 0.717) is 38.7 Å². The molecule has 0 spiro atoms. The second-order valence-corrected chi connectivity index (χ2v) is 3.55. The van der Waals surface area contributed by atoms with Crippen molar-refractivity contribution in [2.24, 2.45) is 5.73 Å². The van der Waals surface area contributed by atoms with Crippen LogP contribution >= 0.6 is 0 Å². The Morgan fingerprint density at radius 2 is 2.11 bits per heavy atom. The first-order valence-electron chi connectivity index (χ1n) is 5.95. The zero-order chi connectivity index (χ0) is 13.2. The lowest BCUT2D eigenvalue weighted by Crippen LogP contribution is -2.38. The minimum Gasteiger partial charge on any atom is -0.379 e. The zero-order valence-corrected chi connectivity index (χ0v) is 10.6. The number of benzene rings is 1. The van der Waals surface area contributed by atoms with Crippen molar-refractivity contribution in [2.45, 2.75) is 6.92 Å². The summed E-state index contributed by atoms with van der Waals surface area (Å²) in [5.41, 5.74) is 5.97.